The van der Waals surface area contributed by atoms with Gasteiger partial charge >= 0.3 is 6.03 Å². The Kier molecular flexibility index (Phi) is 9.04. The van der Waals surface area contributed by atoms with Crippen LogP contribution in [0.5, 0.6) is 0 Å². The average Bonchev–Trinajstić information content (AvgIpc) is 3.19. The van der Waals surface area contributed by atoms with Crippen LogP contribution in [0.1, 0.15) is 128 Å². The largest absolute Gasteiger partial charge is 0.329 e. The summed E-state index contributed by atoms with van der Waals surface area (Å²) in [5.41, 5.74) is 0. The maximum absolute atomic E-state index is 13.7. The third kappa shape index (κ3) is 6.23. The first-order valence-corrected chi connectivity index (χ1v) is 15.3. The van der Waals surface area contributed by atoms with Gasteiger partial charge in [-0.25, -0.2) is 9.69 Å². The van der Waals surface area contributed by atoms with Gasteiger partial charge in [0.05, 0.1) is 13.3 Å². The van der Waals surface area contributed by atoms with Crippen molar-refractivity contribution in [3.63, 3.8) is 0 Å². The lowest BCUT2D eigenvalue weighted by Crippen LogP contribution is -2.53. The van der Waals surface area contributed by atoms with E-state index in [1.165, 1.54) is 128 Å². The summed E-state index contributed by atoms with van der Waals surface area (Å²) in [6.45, 7) is 1.46. The van der Waals surface area contributed by atoms with E-state index in [2.05, 4.69) is 9.80 Å². The molecule has 6 heteroatoms. The van der Waals surface area contributed by atoms with Crippen molar-refractivity contribution >= 4 is 11.9 Å². The predicted molar refractivity (Wildman–Crippen MR) is 140 cm³/mol. The zero-order valence-electron chi connectivity index (χ0n) is 22.2. The van der Waals surface area contributed by atoms with Crippen molar-refractivity contribution < 1.29 is 9.59 Å². The molecule has 4 aliphatic carbocycles. The first-order chi connectivity index (χ1) is 17.2. The molecule has 0 radical (unpaired) electrons. The lowest BCUT2D eigenvalue weighted by molar-refractivity contribution is -0.128. The molecule has 0 spiro atoms. The van der Waals surface area contributed by atoms with Crippen LogP contribution < -0.4 is 0 Å². The van der Waals surface area contributed by atoms with Crippen molar-refractivity contribution in [1.82, 2.24) is 19.6 Å². The van der Waals surface area contributed by atoms with Gasteiger partial charge in [-0.15, -0.1) is 0 Å². The van der Waals surface area contributed by atoms with Crippen LogP contribution in [-0.4, -0.2) is 75.6 Å². The van der Waals surface area contributed by atoms with Gasteiger partial charge in [0.1, 0.15) is 6.54 Å². The van der Waals surface area contributed by atoms with Crippen LogP contribution in [0.3, 0.4) is 0 Å². The molecule has 1 heterocycles. The summed E-state index contributed by atoms with van der Waals surface area (Å²) >= 11 is 0. The smallest absolute Gasteiger partial charge is 0.302 e. The SMILES string of the molecule is O=C1CN(CN(C2CCCCC2)C2CCCCC2)C(=O)N1CN(C1CCCCC1)C1CCCCC1. The predicted octanol–water partition coefficient (Wildman–Crippen LogP) is 6.10. The molecule has 0 atom stereocenters. The van der Waals surface area contributed by atoms with E-state index < -0.39 is 0 Å². The van der Waals surface area contributed by atoms with E-state index in [1.807, 2.05) is 4.90 Å². The first-order valence-electron chi connectivity index (χ1n) is 15.3. The van der Waals surface area contributed by atoms with E-state index >= 15 is 0 Å². The molecule has 3 amide bonds. The number of urea groups is 1. The number of amides is 3. The van der Waals surface area contributed by atoms with E-state index in [1.54, 1.807) is 4.90 Å². The van der Waals surface area contributed by atoms with E-state index in [0.29, 0.717) is 37.5 Å². The van der Waals surface area contributed by atoms with Crippen LogP contribution in [0, 0.1) is 0 Å². The fraction of sp³-hybridized carbons (Fsp3) is 0.931. The molecule has 1 saturated heterocycles. The van der Waals surface area contributed by atoms with Crippen molar-refractivity contribution in [3.8, 4) is 0 Å². The van der Waals surface area contributed by atoms with E-state index in [0.717, 1.165) is 0 Å². The molecule has 0 bridgehead atoms. The summed E-state index contributed by atoms with van der Waals surface area (Å²) in [6, 6.07) is 2.24. The van der Waals surface area contributed by atoms with Crippen LogP contribution in [0.4, 0.5) is 4.79 Å². The molecule has 35 heavy (non-hydrogen) atoms. The maximum atomic E-state index is 13.7. The normalized spacial score (nSPS) is 27.0. The molecular formula is C29H50N4O2. The van der Waals surface area contributed by atoms with Crippen LogP contribution in [0.25, 0.3) is 0 Å². The van der Waals surface area contributed by atoms with Gasteiger partial charge < -0.3 is 4.90 Å². The van der Waals surface area contributed by atoms with Gasteiger partial charge in [0, 0.05) is 24.2 Å². The Hall–Kier alpha value is -1.14. The van der Waals surface area contributed by atoms with E-state index in [9.17, 15) is 9.59 Å². The minimum atomic E-state index is -0.0248. The fourth-order valence-corrected chi connectivity index (χ4v) is 7.91. The molecule has 5 rings (SSSR count). The molecule has 5 aliphatic rings. The number of nitrogens with zero attached hydrogens (tertiary/aromatic N) is 4. The number of carbonyl (C=O) groups excluding carboxylic acids is 2. The summed E-state index contributed by atoms with van der Waals surface area (Å²) in [4.78, 5) is 35.7. The lowest BCUT2D eigenvalue weighted by Gasteiger charge is -2.44. The highest BCUT2D eigenvalue weighted by Crippen LogP contribution is 2.33. The van der Waals surface area contributed by atoms with Gasteiger partial charge in [0.2, 0.25) is 0 Å². The number of imide groups is 1. The Labute approximate surface area is 213 Å². The Morgan fingerprint density at radius 2 is 0.857 bits per heavy atom. The van der Waals surface area contributed by atoms with Crippen molar-refractivity contribution in [2.24, 2.45) is 0 Å². The minimum Gasteiger partial charge on any atom is -0.302 e. The number of carbonyl (C=O) groups is 2. The second-order valence-corrected chi connectivity index (χ2v) is 12.3. The highest BCUT2D eigenvalue weighted by molar-refractivity contribution is 6.01. The van der Waals surface area contributed by atoms with Crippen LogP contribution >= 0.6 is 0 Å². The molecule has 5 fully saturated rings. The third-order valence-corrected chi connectivity index (χ3v) is 9.94. The highest BCUT2D eigenvalue weighted by atomic mass is 16.2. The number of hydrogen-bond acceptors (Lipinski definition) is 4. The molecule has 198 valence electrons. The minimum absolute atomic E-state index is 0.0248. The Morgan fingerprint density at radius 3 is 1.23 bits per heavy atom. The fourth-order valence-electron chi connectivity index (χ4n) is 7.91. The van der Waals surface area contributed by atoms with Gasteiger partial charge in [0.15, 0.2) is 0 Å². The summed E-state index contributed by atoms with van der Waals surface area (Å²) in [6.07, 6.45) is 25.7. The lowest BCUT2D eigenvalue weighted by atomic mass is 9.89. The van der Waals surface area contributed by atoms with Crippen molar-refractivity contribution in [2.45, 2.75) is 153 Å². The molecule has 0 aromatic carbocycles. The summed E-state index contributed by atoms with van der Waals surface area (Å²) < 4.78 is 0. The topological polar surface area (TPSA) is 47.1 Å². The third-order valence-electron chi connectivity index (χ3n) is 9.94. The van der Waals surface area contributed by atoms with Crippen molar-refractivity contribution in [3.05, 3.63) is 0 Å². The van der Waals surface area contributed by atoms with Crippen molar-refractivity contribution in [2.75, 3.05) is 19.9 Å². The first kappa shape index (κ1) is 25.5. The molecule has 0 N–H and O–H groups in total. The van der Waals surface area contributed by atoms with Crippen LogP contribution in [0.15, 0.2) is 0 Å². The van der Waals surface area contributed by atoms with Gasteiger partial charge in [-0.3, -0.25) is 14.6 Å². The summed E-state index contributed by atoms with van der Waals surface area (Å²) in [5.74, 6) is 0.0267. The van der Waals surface area contributed by atoms with Crippen LogP contribution in [0.2, 0.25) is 0 Å². The molecule has 0 unspecified atom stereocenters. The molecule has 4 saturated carbocycles. The molecule has 1 aliphatic heterocycles. The second-order valence-electron chi connectivity index (χ2n) is 12.3. The Morgan fingerprint density at radius 1 is 0.514 bits per heavy atom. The monoisotopic (exact) mass is 486 g/mol. The summed E-state index contributed by atoms with van der Waals surface area (Å²) in [5, 5.41) is 0. The molecule has 0 aromatic heterocycles. The quantitative estimate of drug-likeness (QED) is 0.389. The number of rotatable bonds is 8. The Bertz CT molecular complexity index is 655. The van der Waals surface area contributed by atoms with E-state index in [-0.39, 0.29) is 18.5 Å². The number of hydrogen-bond donors (Lipinski definition) is 0. The highest BCUT2D eigenvalue weighted by Gasteiger charge is 2.42. The zero-order valence-corrected chi connectivity index (χ0v) is 22.2. The summed E-state index contributed by atoms with van der Waals surface area (Å²) in [7, 11) is 0. The van der Waals surface area contributed by atoms with Crippen LogP contribution in [-0.2, 0) is 4.79 Å². The Balaban J connectivity index is 1.27. The van der Waals surface area contributed by atoms with Crippen molar-refractivity contribution in [1.29, 1.82) is 0 Å². The van der Waals surface area contributed by atoms with E-state index in [4.69, 9.17) is 0 Å². The van der Waals surface area contributed by atoms with Gasteiger partial charge in [0.25, 0.3) is 5.91 Å². The molecular weight excluding hydrogens is 436 g/mol. The standard InChI is InChI=1S/C29H50N4O2/c34-28-21-30(22-31(24-13-5-1-6-14-24)25-15-7-2-8-16-25)29(35)33(28)23-32(26-17-9-3-10-18-26)27-19-11-4-12-20-27/h24-27H,1-23H2. The molecule has 0 aromatic rings. The average molecular weight is 487 g/mol. The second kappa shape index (κ2) is 12.4. The van der Waals surface area contributed by atoms with Gasteiger partial charge in [-0.1, -0.05) is 77.0 Å². The maximum Gasteiger partial charge on any atom is 0.329 e. The zero-order chi connectivity index (χ0) is 24.0. The molecule has 6 nitrogen and oxygen atoms in total. The van der Waals surface area contributed by atoms with Gasteiger partial charge in [-0.2, -0.15) is 0 Å². The van der Waals surface area contributed by atoms with Gasteiger partial charge in [-0.05, 0) is 51.4 Å².